The van der Waals surface area contributed by atoms with Gasteiger partial charge in [-0.05, 0) is 52.0 Å². The van der Waals surface area contributed by atoms with E-state index in [1.807, 2.05) is 14.1 Å². The molecule has 0 heterocycles. The van der Waals surface area contributed by atoms with Gasteiger partial charge in [-0.2, -0.15) is 0 Å². The Bertz CT molecular complexity index is 574. The number of hydrogen-bond acceptors (Lipinski definition) is 2. The number of benzene rings is 1. The van der Waals surface area contributed by atoms with Crippen LogP contribution in [0.5, 0.6) is 0 Å². The molecule has 1 aromatic carbocycles. The van der Waals surface area contributed by atoms with Gasteiger partial charge in [0.05, 0.1) is 52.4 Å². The van der Waals surface area contributed by atoms with Crippen molar-refractivity contribution in [2.75, 3.05) is 77.1 Å². The Morgan fingerprint density at radius 1 is 0.700 bits per heavy atom. The minimum Gasteiger partial charge on any atom is -0.334 e. The lowest BCUT2D eigenvalue weighted by atomic mass is 10.3. The van der Waals surface area contributed by atoms with Crippen molar-refractivity contribution in [2.45, 2.75) is 27.7 Å². The maximum absolute atomic E-state index is 12.4. The van der Waals surface area contributed by atoms with Gasteiger partial charge in [-0.1, -0.05) is 0 Å². The van der Waals surface area contributed by atoms with Crippen LogP contribution >= 0.6 is 0 Å². The number of urea groups is 2. The summed E-state index contributed by atoms with van der Waals surface area (Å²) in [6.07, 6.45) is 0. The van der Waals surface area contributed by atoms with Crippen molar-refractivity contribution in [3.8, 4) is 0 Å². The number of hydrogen-bond donors (Lipinski definition) is 4. The molecular weight excluding hydrogens is 380 g/mol. The van der Waals surface area contributed by atoms with E-state index < -0.39 is 0 Å². The van der Waals surface area contributed by atoms with Crippen molar-refractivity contribution in [1.82, 2.24) is 9.80 Å². The van der Waals surface area contributed by atoms with E-state index in [0.29, 0.717) is 24.5 Å². The van der Waals surface area contributed by atoms with E-state index in [2.05, 4.69) is 38.3 Å². The quantitative estimate of drug-likeness (QED) is 0.395. The highest BCUT2D eigenvalue weighted by Gasteiger charge is 2.13. The summed E-state index contributed by atoms with van der Waals surface area (Å²) < 4.78 is 0. The van der Waals surface area contributed by atoms with Gasteiger partial charge in [0.25, 0.3) is 0 Å². The second-order valence-corrected chi connectivity index (χ2v) is 7.69. The number of anilines is 2. The summed E-state index contributed by atoms with van der Waals surface area (Å²) >= 11 is 0. The molecule has 0 radical (unpaired) electrons. The minimum absolute atomic E-state index is 0.128. The Hall–Kier alpha value is -2.32. The third-order valence-corrected chi connectivity index (χ3v) is 5.68. The van der Waals surface area contributed by atoms with Crippen LogP contribution in [-0.2, 0) is 0 Å². The number of likely N-dealkylation sites (N-methyl/N-ethyl adjacent to an activating group) is 4. The third kappa shape index (κ3) is 9.00. The first-order valence-corrected chi connectivity index (χ1v) is 11.2. The Kier molecular flexibility index (Phi) is 11.8. The fraction of sp³-hybridized carbons (Fsp3) is 0.636. The lowest BCUT2D eigenvalue weighted by Gasteiger charge is -2.22. The van der Waals surface area contributed by atoms with E-state index in [-0.39, 0.29) is 12.1 Å². The van der Waals surface area contributed by atoms with Crippen molar-refractivity contribution in [2.24, 2.45) is 0 Å². The standard InChI is InChI=1S/C22H40N6O2/c1-7-27(8-2)17-15-25(5)21(29)23-19-11-13-20(14-12-19)24-22(30)26(6)16-18-28(9-3)10-4/h11-14H,7-10,15-18H2,1-6H3,(H,23,29)(H,24,30)/p+2. The van der Waals surface area contributed by atoms with E-state index in [4.69, 9.17) is 0 Å². The van der Waals surface area contributed by atoms with Gasteiger partial charge in [0.15, 0.2) is 0 Å². The molecule has 0 bridgehead atoms. The SMILES string of the molecule is CC[NH+](CC)CCN(C)C(=O)Nc1ccc(NC(=O)N(C)CC[NH+](CC)CC)cc1. The second-order valence-electron chi connectivity index (χ2n) is 7.69. The van der Waals surface area contributed by atoms with Crippen molar-refractivity contribution in [1.29, 1.82) is 0 Å². The first-order chi connectivity index (χ1) is 14.3. The minimum atomic E-state index is -0.128. The number of amides is 4. The van der Waals surface area contributed by atoms with Crippen LogP contribution in [0.1, 0.15) is 27.7 Å². The summed E-state index contributed by atoms with van der Waals surface area (Å²) in [7, 11) is 3.62. The Balaban J connectivity index is 2.48. The summed E-state index contributed by atoms with van der Waals surface area (Å²) in [5.41, 5.74) is 1.41. The summed E-state index contributed by atoms with van der Waals surface area (Å²) in [4.78, 5) is 31.1. The highest BCUT2D eigenvalue weighted by atomic mass is 16.2. The Morgan fingerprint density at radius 2 is 1.00 bits per heavy atom. The molecule has 1 aromatic rings. The van der Waals surface area contributed by atoms with Crippen LogP contribution in [0.15, 0.2) is 24.3 Å². The van der Waals surface area contributed by atoms with Crippen LogP contribution in [0.25, 0.3) is 0 Å². The molecule has 0 aliphatic carbocycles. The van der Waals surface area contributed by atoms with Gasteiger partial charge in [0, 0.05) is 25.5 Å². The zero-order valence-corrected chi connectivity index (χ0v) is 19.7. The predicted octanol–water partition coefficient (Wildman–Crippen LogP) is 0.463. The zero-order chi connectivity index (χ0) is 22.5. The highest BCUT2D eigenvalue weighted by molar-refractivity contribution is 5.91. The van der Waals surface area contributed by atoms with Crippen molar-refractivity contribution in [3.63, 3.8) is 0 Å². The summed E-state index contributed by atoms with van der Waals surface area (Å²) in [5, 5.41) is 5.80. The predicted molar refractivity (Wildman–Crippen MR) is 124 cm³/mol. The number of rotatable bonds is 12. The normalized spacial score (nSPS) is 10.9. The molecule has 0 fully saturated rings. The van der Waals surface area contributed by atoms with E-state index in [9.17, 15) is 9.59 Å². The Morgan fingerprint density at radius 3 is 1.27 bits per heavy atom. The topological polar surface area (TPSA) is 73.6 Å². The molecule has 0 aliphatic rings. The number of nitrogens with zero attached hydrogens (tertiary/aromatic N) is 2. The van der Waals surface area contributed by atoms with Crippen LogP contribution in [-0.4, -0.2) is 88.3 Å². The number of quaternary nitrogens is 2. The molecular formula is C22H42N6O2+2. The first-order valence-electron chi connectivity index (χ1n) is 11.2. The van der Waals surface area contributed by atoms with Crippen LogP contribution < -0.4 is 20.4 Å². The van der Waals surface area contributed by atoms with Crippen molar-refractivity contribution in [3.05, 3.63) is 24.3 Å². The zero-order valence-electron chi connectivity index (χ0n) is 19.7. The smallest absolute Gasteiger partial charge is 0.321 e. The molecule has 4 N–H and O–H groups in total. The highest BCUT2D eigenvalue weighted by Crippen LogP contribution is 2.14. The van der Waals surface area contributed by atoms with E-state index in [0.717, 1.165) is 39.3 Å². The summed E-state index contributed by atoms with van der Waals surface area (Å²) in [6.45, 7) is 16.2. The fourth-order valence-electron chi connectivity index (χ4n) is 3.14. The van der Waals surface area contributed by atoms with Gasteiger partial charge < -0.3 is 30.2 Å². The molecule has 4 amide bonds. The van der Waals surface area contributed by atoms with Gasteiger partial charge in [0.2, 0.25) is 0 Å². The van der Waals surface area contributed by atoms with Crippen LogP contribution in [0, 0.1) is 0 Å². The average molecular weight is 423 g/mol. The monoisotopic (exact) mass is 422 g/mol. The summed E-state index contributed by atoms with van der Waals surface area (Å²) in [6, 6.07) is 6.95. The molecule has 8 nitrogen and oxygen atoms in total. The molecule has 0 spiro atoms. The third-order valence-electron chi connectivity index (χ3n) is 5.68. The first kappa shape index (κ1) is 25.7. The van der Waals surface area contributed by atoms with Crippen LogP contribution in [0.3, 0.4) is 0 Å². The number of carbonyl (C=O) groups excluding carboxylic acids is 2. The van der Waals surface area contributed by atoms with E-state index >= 15 is 0 Å². The molecule has 170 valence electrons. The molecule has 0 aromatic heterocycles. The van der Waals surface area contributed by atoms with E-state index in [1.54, 1.807) is 34.1 Å². The second kappa shape index (κ2) is 13.8. The number of nitrogens with one attached hydrogen (secondary N) is 4. The molecule has 8 heteroatoms. The van der Waals surface area contributed by atoms with Crippen LogP contribution in [0.4, 0.5) is 21.0 Å². The van der Waals surface area contributed by atoms with Gasteiger partial charge >= 0.3 is 12.1 Å². The van der Waals surface area contributed by atoms with Crippen molar-refractivity contribution >= 4 is 23.4 Å². The fourth-order valence-corrected chi connectivity index (χ4v) is 3.14. The van der Waals surface area contributed by atoms with Gasteiger partial charge in [0.1, 0.15) is 0 Å². The molecule has 30 heavy (non-hydrogen) atoms. The van der Waals surface area contributed by atoms with Gasteiger partial charge in [-0.3, -0.25) is 0 Å². The van der Waals surface area contributed by atoms with E-state index in [1.165, 1.54) is 9.80 Å². The molecule has 0 aliphatic heterocycles. The molecule has 0 saturated heterocycles. The van der Waals surface area contributed by atoms with Gasteiger partial charge in [-0.15, -0.1) is 0 Å². The van der Waals surface area contributed by atoms with Crippen LogP contribution in [0.2, 0.25) is 0 Å². The summed E-state index contributed by atoms with van der Waals surface area (Å²) in [5.74, 6) is 0. The lowest BCUT2D eigenvalue weighted by molar-refractivity contribution is -0.895. The van der Waals surface area contributed by atoms with Crippen molar-refractivity contribution < 1.29 is 19.4 Å². The maximum atomic E-state index is 12.4. The molecule has 0 saturated carbocycles. The molecule has 0 atom stereocenters. The average Bonchev–Trinajstić information content (AvgIpc) is 2.76. The number of carbonyl (C=O) groups is 2. The lowest BCUT2D eigenvalue weighted by Crippen LogP contribution is -3.12. The van der Waals surface area contributed by atoms with Gasteiger partial charge in [-0.25, -0.2) is 9.59 Å². The Labute approximate surface area is 182 Å². The molecule has 0 unspecified atom stereocenters. The maximum Gasteiger partial charge on any atom is 0.321 e. The molecule has 1 rings (SSSR count). The largest absolute Gasteiger partial charge is 0.334 e.